The van der Waals surface area contributed by atoms with E-state index in [1.54, 1.807) is 11.3 Å². The normalized spacial score (nSPS) is 17.6. The second-order valence-corrected chi connectivity index (χ2v) is 6.73. The highest BCUT2D eigenvalue weighted by atomic mass is 32.1. The van der Waals surface area contributed by atoms with Crippen LogP contribution in [0.1, 0.15) is 11.3 Å². The van der Waals surface area contributed by atoms with Gasteiger partial charge in [0.2, 0.25) is 0 Å². The summed E-state index contributed by atoms with van der Waals surface area (Å²) in [5, 5.41) is 5.41. The topological polar surface area (TPSA) is 19.4 Å². The minimum absolute atomic E-state index is 1.11. The standard InChI is InChI=1S/C14H19N3S2/c1-3-13(18-11-1)4-8-16-6-2-7-17(10-9-16)14-15-5-12-19-14/h1,3,5,11-12H,2,4,6-10H2. The molecule has 0 aromatic carbocycles. The third-order valence-electron chi connectivity index (χ3n) is 3.53. The van der Waals surface area contributed by atoms with E-state index >= 15 is 0 Å². The SMILES string of the molecule is c1csc(CCN2CCCN(c3nccs3)CC2)c1. The lowest BCUT2D eigenvalue weighted by molar-refractivity contribution is 0.298. The molecule has 0 atom stereocenters. The van der Waals surface area contributed by atoms with Gasteiger partial charge in [0, 0.05) is 42.6 Å². The molecule has 1 saturated heterocycles. The molecule has 1 aliphatic rings. The number of nitrogens with zero attached hydrogens (tertiary/aromatic N) is 3. The zero-order valence-electron chi connectivity index (χ0n) is 11.0. The van der Waals surface area contributed by atoms with Crippen molar-refractivity contribution in [1.29, 1.82) is 0 Å². The molecule has 5 heteroatoms. The van der Waals surface area contributed by atoms with Crippen LogP contribution in [0.5, 0.6) is 0 Å². The Kier molecular flexibility index (Phi) is 4.48. The number of aromatic nitrogens is 1. The van der Waals surface area contributed by atoms with E-state index < -0.39 is 0 Å². The summed E-state index contributed by atoms with van der Waals surface area (Å²) < 4.78 is 0. The average Bonchev–Trinajstić information content (AvgIpc) is 3.08. The Hall–Kier alpha value is -0.910. The van der Waals surface area contributed by atoms with Gasteiger partial charge < -0.3 is 9.80 Å². The molecule has 0 amide bonds. The summed E-state index contributed by atoms with van der Waals surface area (Å²) in [6.07, 6.45) is 4.33. The summed E-state index contributed by atoms with van der Waals surface area (Å²) >= 11 is 3.62. The van der Waals surface area contributed by atoms with E-state index in [4.69, 9.17) is 0 Å². The molecule has 3 rings (SSSR count). The molecule has 3 heterocycles. The van der Waals surface area contributed by atoms with Gasteiger partial charge in [0.1, 0.15) is 0 Å². The average molecular weight is 293 g/mol. The third kappa shape index (κ3) is 3.55. The molecule has 1 fully saturated rings. The lowest BCUT2D eigenvalue weighted by Gasteiger charge is -2.21. The van der Waals surface area contributed by atoms with Crippen molar-refractivity contribution in [2.45, 2.75) is 12.8 Å². The number of rotatable bonds is 4. The molecule has 0 N–H and O–H groups in total. The van der Waals surface area contributed by atoms with Gasteiger partial charge in [0.05, 0.1) is 0 Å². The monoisotopic (exact) mass is 293 g/mol. The molecular weight excluding hydrogens is 274 g/mol. The van der Waals surface area contributed by atoms with Crippen LogP contribution in [-0.2, 0) is 6.42 Å². The minimum atomic E-state index is 1.11. The molecule has 102 valence electrons. The zero-order valence-corrected chi connectivity index (χ0v) is 12.6. The van der Waals surface area contributed by atoms with Gasteiger partial charge in [-0.3, -0.25) is 0 Å². The fourth-order valence-corrected chi connectivity index (χ4v) is 3.88. The number of hydrogen-bond donors (Lipinski definition) is 0. The molecule has 19 heavy (non-hydrogen) atoms. The first-order valence-corrected chi connectivity index (χ1v) is 8.57. The lowest BCUT2D eigenvalue weighted by atomic mass is 10.3. The fraction of sp³-hybridized carbons (Fsp3) is 0.500. The maximum atomic E-state index is 4.42. The van der Waals surface area contributed by atoms with Crippen molar-refractivity contribution >= 4 is 27.8 Å². The number of hydrogen-bond acceptors (Lipinski definition) is 5. The number of anilines is 1. The van der Waals surface area contributed by atoms with Crippen molar-refractivity contribution in [1.82, 2.24) is 9.88 Å². The van der Waals surface area contributed by atoms with E-state index in [-0.39, 0.29) is 0 Å². The molecular formula is C14H19N3S2. The van der Waals surface area contributed by atoms with E-state index in [9.17, 15) is 0 Å². The number of thiophene rings is 1. The van der Waals surface area contributed by atoms with E-state index in [0.29, 0.717) is 0 Å². The largest absolute Gasteiger partial charge is 0.347 e. The Morgan fingerprint density at radius 1 is 1.11 bits per heavy atom. The quantitative estimate of drug-likeness (QED) is 0.864. The van der Waals surface area contributed by atoms with Crippen molar-refractivity contribution < 1.29 is 0 Å². The summed E-state index contributed by atoms with van der Waals surface area (Å²) in [6.45, 7) is 5.81. The van der Waals surface area contributed by atoms with Gasteiger partial charge in [-0.1, -0.05) is 6.07 Å². The van der Waals surface area contributed by atoms with Crippen molar-refractivity contribution in [3.63, 3.8) is 0 Å². The predicted octanol–water partition coefficient (Wildman–Crippen LogP) is 2.96. The summed E-state index contributed by atoms with van der Waals surface area (Å²) in [5.41, 5.74) is 0. The van der Waals surface area contributed by atoms with Crippen LogP contribution >= 0.6 is 22.7 Å². The molecule has 0 radical (unpaired) electrons. The maximum Gasteiger partial charge on any atom is 0.185 e. The van der Waals surface area contributed by atoms with Gasteiger partial charge in [-0.25, -0.2) is 4.98 Å². The summed E-state index contributed by atoms with van der Waals surface area (Å²) in [4.78, 5) is 10.9. The highest BCUT2D eigenvalue weighted by Gasteiger charge is 2.16. The maximum absolute atomic E-state index is 4.42. The Labute approximate surface area is 122 Å². The van der Waals surface area contributed by atoms with Gasteiger partial charge in [-0.15, -0.1) is 22.7 Å². The Morgan fingerprint density at radius 3 is 2.89 bits per heavy atom. The van der Waals surface area contributed by atoms with E-state index in [2.05, 4.69) is 37.7 Å². The molecule has 2 aromatic heterocycles. The first kappa shape index (κ1) is 13.1. The second kappa shape index (κ2) is 6.50. The van der Waals surface area contributed by atoms with Crippen LogP contribution in [0.3, 0.4) is 0 Å². The van der Waals surface area contributed by atoms with Crippen LogP contribution in [0.2, 0.25) is 0 Å². The van der Waals surface area contributed by atoms with Crippen molar-refractivity contribution in [3.05, 3.63) is 34.0 Å². The van der Waals surface area contributed by atoms with E-state index in [1.165, 1.54) is 35.9 Å². The van der Waals surface area contributed by atoms with Crippen molar-refractivity contribution in [3.8, 4) is 0 Å². The molecule has 1 aliphatic heterocycles. The first-order valence-electron chi connectivity index (χ1n) is 6.81. The molecule has 0 unspecified atom stereocenters. The van der Waals surface area contributed by atoms with Gasteiger partial charge >= 0.3 is 0 Å². The summed E-state index contributed by atoms with van der Waals surface area (Å²) in [5.74, 6) is 0. The van der Waals surface area contributed by atoms with Crippen LogP contribution in [0.4, 0.5) is 5.13 Å². The van der Waals surface area contributed by atoms with Crippen LogP contribution in [0, 0.1) is 0 Å². The van der Waals surface area contributed by atoms with Gasteiger partial charge in [0.25, 0.3) is 0 Å². The zero-order chi connectivity index (χ0) is 12.9. The molecule has 3 nitrogen and oxygen atoms in total. The predicted molar refractivity (Wildman–Crippen MR) is 83.4 cm³/mol. The Bertz CT molecular complexity index is 467. The van der Waals surface area contributed by atoms with Gasteiger partial charge in [-0.05, 0) is 30.8 Å². The lowest BCUT2D eigenvalue weighted by Crippen LogP contribution is -2.31. The van der Waals surface area contributed by atoms with Crippen molar-refractivity contribution in [2.75, 3.05) is 37.6 Å². The highest BCUT2D eigenvalue weighted by Crippen LogP contribution is 2.19. The van der Waals surface area contributed by atoms with E-state index in [1.807, 2.05) is 17.5 Å². The number of thiazole rings is 1. The Morgan fingerprint density at radius 2 is 2.11 bits per heavy atom. The summed E-state index contributed by atoms with van der Waals surface area (Å²) in [6, 6.07) is 4.39. The smallest absolute Gasteiger partial charge is 0.185 e. The third-order valence-corrected chi connectivity index (χ3v) is 5.30. The summed E-state index contributed by atoms with van der Waals surface area (Å²) in [7, 11) is 0. The molecule has 0 spiro atoms. The molecule has 0 saturated carbocycles. The van der Waals surface area contributed by atoms with Crippen LogP contribution < -0.4 is 4.90 Å². The molecule has 2 aromatic rings. The Balaban J connectivity index is 1.50. The van der Waals surface area contributed by atoms with Gasteiger partial charge in [-0.2, -0.15) is 0 Å². The highest BCUT2D eigenvalue weighted by molar-refractivity contribution is 7.13. The van der Waals surface area contributed by atoms with Gasteiger partial charge in [0.15, 0.2) is 5.13 Å². The molecule has 0 aliphatic carbocycles. The van der Waals surface area contributed by atoms with Crippen LogP contribution in [-0.4, -0.2) is 42.6 Å². The van der Waals surface area contributed by atoms with Crippen LogP contribution in [0.25, 0.3) is 0 Å². The van der Waals surface area contributed by atoms with Crippen LogP contribution in [0.15, 0.2) is 29.1 Å². The first-order chi connectivity index (χ1) is 9.42. The van der Waals surface area contributed by atoms with E-state index in [0.717, 1.165) is 19.6 Å². The fourth-order valence-electron chi connectivity index (χ4n) is 2.48. The minimum Gasteiger partial charge on any atom is -0.347 e. The molecule has 0 bridgehead atoms. The second-order valence-electron chi connectivity index (χ2n) is 4.83. The van der Waals surface area contributed by atoms with Crippen molar-refractivity contribution in [2.24, 2.45) is 0 Å².